The van der Waals surface area contributed by atoms with Crippen LogP contribution >= 0.6 is 0 Å². The van der Waals surface area contributed by atoms with Gasteiger partial charge in [0.25, 0.3) is 0 Å². The highest BCUT2D eigenvalue weighted by Gasteiger charge is 2.11. The highest BCUT2D eigenvalue weighted by molar-refractivity contribution is 5.99. The third-order valence-electron chi connectivity index (χ3n) is 3.09. The van der Waals surface area contributed by atoms with Crippen molar-refractivity contribution in [1.82, 2.24) is 4.98 Å². The van der Waals surface area contributed by atoms with Crippen LogP contribution in [0.5, 0.6) is 0 Å². The minimum atomic E-state index is 0. The van der Waals surface area contributed by atoms with Gasteiger partial charge in [0.2, 0.25) is 12.3 Å². The van der Waals surface area contributed by atoms with Gasteiger partial charge in [-0.25, -0.2) is 0 Å². The molecule has 0 aliphatic rings. The third-order valence-corrected chi connectivity index (χ3v) is 3.09. The predicted octanol–water partition coefficient (Wildman–Crippen LogP) is -0.591. The fraction of sp³-hybridized carbons (Fsp3) is 0.0625. The molecule has 0 saturated carbocycles. The summed E-state index contributed by atoms with van der Waals surface area (Å²) < 4.78 is 1.82. The van der Waals surface area contributed by atoms with Crippen molar-refractivity contribution in [3.8, 4) is 0 Å². The highest BCUT2D eigenvalue weighted by Crippen LogP contribution is 2.15. The summed E-state index contributed by atoms with van der Waals surface area (Å²) in [7, 11) is 0. The molecule has 0 saturated heterocycles. The molecular weight excluding hydrogens is 316 g/mol. The zero-order chi connectivity index (χ0) is 13.1. The van der Waals surface area contributed by atoms with Crippen molar-refractivity contribution in [3.63, 3.8) is 0 Å². The fourth-order valence-corrected chi connectivity index (χ4v) is 2.07. The van der Waals surface area contributed by atoms with Crippen molar-refractivity contribution >= 4 is 16.6 Å². The van der Waals surface area contributed by atoms with E-state index in [0.29, 0.717) is 6.54 Å². The number of halogens is 1. The van der Waals surface area contributed by atoms with Gasteiger partial charge < -0.3 is 17.0 Å². The quantitative estimate of drug-likeness (QED) is 0.475. The molecule has 0 amide bonds. The number of carbonyl (C=O) groups excluding carboxylic acids is 1. The Morgan fingerprint density at radius 3 is 2.45 bits per heavy atom. The lowest BCUT2D eigenvalue weighted by molar-refractivity contribution is -0.683. The van der Waals surface area contributed by atoms with E-state index in [1.54, 1.807) is 24.8 Å². The van der Waals surface area contributed by atoms with Crippen LogP contribution in [0.15, 0.2) is 67.3 Å². The summed E-state index contributed by atoms with van der Waals surface area (Å²) in [5.41, 5.74) is 0.739. The predicted molar refractivity (Wildman–Crippen MR) is 72.7 cm³/mol. The molecule has 4 heteroatoms. The zero-order valence-electron chi connectivity index (χ0n) is 10.7. The van der Waals surface area contributed by atoms with Gasteiger partial charge in [-0.05, 0) is 16.8 Å². The van der Waals surface area contributed by atoms with E-state index >= 15 is 0 Å². The second-order valence-electron chi connectivity index (χ2n) is 4.40. The molecule has 0 aliphatic heterocycles. The molecule has 3 nitrogen and oxygen atoms in total. The lowest BCUT2D eigenvalue weighted by Gasteiger charge is -2.01. The third kappa shape index (κ3) is 3.08. The largest absolute Gasteiger partial charge is 1.00 e. The molecule has 20 heavy (non-hydrogen) atoms. The lowest BCUT2D eigenvalue weighted by atomic mass is 10.0. The normalized spacial score (nSPS) is 10.0. The summed E-state index contributed by atoms with van der Waals surface area (Å²) in [5.74, 6) is 0.0990. The summed E-state index contributed by atoms with van der Waals surface area (Å²) in [6.07, 6.45) is 6.93. The molecule has 0 atom stereocenters. The number of carbonyl (C=O) groups is 1. The smallest absolute Gasteiger partial charge is 0.227 e. The number of fused-ring (bicyclic) bond motifs is 1. The number of Topliss-reactive ketones (excluding diaryl/α,β-unsaturated/α-hetero) is 1. The van der Waals surface area contributed by atoms with Gasteiger partial charge in [0.15, 0.2) is 12.4 Å². The van der Waals surface area contributed by atoms with Crippen LogP contribution in [-0.4, -0.2) is 10.8 Å². The van der Waals surface area contributed by atoms with Gasteiger partial charge in [0.05, 0.1) is 12.4 Å². The fourth-order valence-electron chi connectivity index (χ4n) is 2.07. The maximum atomic E-state index is 12.2. The number of ketones is 1. The maximum absolute atomic E-state index is 12.2. The monoisotopic (exact) mass is 328 g/mol. The average Bonchev–Trinajstić information content (AvgIpc) is 2.48. The van der Waals surface area contributed by atoms with Crippen molar-refractivity contribution in [1.29, 1.82) is 0 Å². The molecular formula is C16H13BrN2O. The summed E-state index contributed by atoms with van der Waals surface area (Å²) in [6, 6.07) is 13.9. The first-order chi connectivity index (χ1) is 9.33. The first kappa shape index (κ1) is 14.3. The molecule has 3 rings (SSSR count). The van der Waals surface area contributed by atoms with E-state index in [1.807, 2.05) is 47.0 Å². The van der Waals surface area contributed by atoms with Crippen LogP contribution in [0.1, 0.15) is 10.4 Å². The molecule has 2 aromatic carbocycles. The van der Waals surface area contributed by atoms with Crippen molar-refractivity contribution in [2.45, 2.75) is 6.54 Å². The number of aromatic nitrogens is 2. The topological polar surface area (TPSA) is 33.8 Å². The van der Waals surface area contributed by atoms with E-state index in [4.69, 9.17) is 0 Å². The standard InChI is InChI=1S/C16H13N2O.BrH/c19-16(12-18-9-7-17-8-10-18)15-6-5-13-3-1-2-4-14(13)11-15;/h1-11H,12H2;1H/q+1;/p-1. The van der Waals surface area contributed by atoms with Crippen molar-refractivity contribution in [2.75, 3.05) is 0 Å². The molecule has 1 aromatic heterocycles. The van der Waals surface area contributed by atoms with E-state index in [-0.39, 0.29) is 22.8 Å². The lowest BCUT2D eigenvalue weighted by Crippen LogP contribution is -3.00. The van der Waals surface area contributed by atoms with E-state index in [1.165, 1.54) is 0 Å². The number of hydrogen-bond donors (Lipinski definition) is 0. The highest BCUT2D eigenvalue weighted by atomic mass is 79.9. The summed E-state index contributed by atoms with van der Waals surface area (Å²) >= 11 is 0. The molecule has 0 bridgehead atoms. The Labute approximate surface area is 127 Å². The van der Waals surface area contributed by atoms with E-state index in [2.05, 4.69) is 4.98 Å². The number of rotatable bonds is 3. The zero-order valence-corrected chi connectivity index (χ0v) is 12.3. The molecule has 100 valence electrons. The molecule has 0 unspecified atom stereocenters. The van der Waals surface area contributed by atoms with Crippen LogP contribution in [0.2, 0.25) is 0 Å². The minimum Gasteiger partial charge on any atom is -1.00 e. The number of nitrogens with zero attached hydrogens (tertiary/aromatic N) is 2. The molecule has 0 radical (unpaired) electrons. The van der Waals surface area contributed by atoms with Crippen LogP contribution in [0.3, 0.4) is 0 Å². The summed E-state index contributed by atoms with van der Waals surface area (Å²) in [4.78, 5) is 16.2. The second kappa shape index (κ2) is 6.39. The van der Waals surface area contributed by atoms with Gasteiger partial charge in [-0.1, -0.05) is 36.4 Å². The van der Waals surface area contributed by atoms with Crippen LogP contribution < -0.4 is 21.5 Å². The van der Waals surface area contributed by atoms with Crippen molar-refractivity contribution < 1.29 is 26.3 Å². The molecule has 0 fully saturated rings. The Balaban J connectivity index is 0.00000147. The Kier molecular flexibility index (Phi) is 4.58. The van der Waals surface area contributed by atoms with Crippen molar-refractivity contribution in [2.24, 2.45) is 0 Å². The van der Waals surface area contributed by atoms with E-state index in [0.717, 1.165) is 16.3 Å². The minimum absolute atomic E-state index is 0. The van der Waals surface area contributed by atoms with Gasteiger partial charge in [-0.15, -0.1) is 0 Å². The summed E-state index contributed by atoms with van der Waals surface area (Å²) in [6.45, 7) is 0.334. The molecule has 0 spiro atoms. The van der Waals surface area contributed by atoms with E-state index in [9.17, 15) is 4.79 Å². The van der Waals surface area contributed by atoms with E-state index < -0.39 is 0 Å². The average molecular weight is 329 g/mol. The molecule has 1 heterocycles. The van der Waals surface area contributed by atoms with Crippen molar-refractivity contribution in [3.05, 3.63) is 72.8 Å². The Bertz CT molecular complexity index is 729. The Morgan fingerprint density at radius 2 is 1.70 bits per heavy atom. The van der Waals surface area contributed by atoms with Gasteiger partial charge in [0.1, 0.15) is 0 Å². The SMILES string of the molecule is O=C(C[n+]1ccncc1)c1ccc2ccccc2c1.[Br-]. The van der Waals surface area contributed by atoms with Crippen LogP contribution in [0, 0.1) is 0 Å². The second-order valence-corrected chi connectivity index (χ2v) is 4.40. The van der Waals surface area contributed by atoms with Gasteiger partial charge in [-0.2, -0.15) is 4.57 Å². The number of hydrogen-bond acceptors (Lipinski definition) is 2. The van der Waals surface area contributed by atoms with Gasteiger partial charge >= 0.3 is 0 Å². The van der Waals surface area contributed by atoms with Gasteiger partial charge in [-0.3, -0.25) is 9.78 Å². The first-order valence-corrected chi connectivity index (χ1v) is 6.14. The Morgan fingerprint density at radius 1 is 1.00 bits per heavy atom. The number of benzene rings is 2. The van der Waals surface area contributed by atoms with Gasteiger partial charge in [0, 0.05) is 5.56 Å². The van der Waals surface area contributed by atoms with Crippen LogP contribution in [0.25, 0.3) is 10.8 Å². The molecule has 0 N–H and O–H groups in total. The van der Waals surface area contributed by atoms with Crippen LogP contribution in [-0.2, 0) is 6.54 Å². The summed E-state index contributed by atoms with van der Waals surface area (Å²) in [5, 5.41) is 2.24. The first-order valence-electron chi connectivity index (χ1n) is 6.14. The Hall–Kier alpha value is -2.07. The maximum Gasteiger partial charge on any atom is 0.227 e. The molecule has 3 aromatic rings. The molecule has 0 aliphatic carbocycles. The van der Waals surface area contributed by atoms with Crippen LogP contribution in [0.4, 0.5) is 0 Å².